The molecule has 0 radical (unpaired) electrons. The Morgan fingerprint density at radius 2 is 1.11 bits per heavy atom. The van der Waals surface area contributed by atoms with Crippen molar-refractivity contribution in [3.63, 3.8) is 0 Å². The summed E-state index contributed by atoms with van der Waals surface area (Å²) in [6.45, 7) is -0.447. The number of rotatable bonds is 10. The van der Waals surface area contributed by atoms with Gasteiger partial charge in [0.2, 0.25) is 0 Å². The minimum atomic E-state index is -4.46. The summed E-state index contributed by atoms with van der Waals surface area (Å²) >= 11 is 1.52. The zero-order chi connectivity index (χ0) is 33.6. The highest BCUT2D eigenvalue weighted by Gasteiger charge is 2.31. The van der Waals surface area contributed by atoms with E-state index in [4.69, 9.17) is 9.84 Å². The van der Waals surface area contributed by atoms with Gasteiger partial charge in [0.25, 0.3) is 0 Å². The second-order valence-electron chi connectivity index (χ2n) is 10.4. The molecule has 0 saturated heterocycles. The van der Waals surface area contributed by atoms with Gasteiger partial charge in [0.05, 0.1) is 11.1 Å². The summed E-state index contributed by atoms with van der Waals surface area (Å²) < 4.78 is 84.9. The maximum atomic E-state index is 13.3. The van der Waals surface area contributed by atoms with E-state index in [0.29, 0.717) is 33.8 Å². The summed E-state index contributed by atoms with van der Waals surface area (Å²) in [5.41, 5.74) is 3.01. The third-order valence-electron chi connectivity index (χ3n) is 7.16. The summed E-state index contributed by atoms with van der Waals surface area (Å²) in [4.78, 5) is 11.6. The van der Waals surface area contributed by atoms with Gasteiger partial charge in [0, 0.05) is 10.6 Å². The van der Waals surface area contributed by atoms with Crippen LogP contribution in [0.25, 0.3) is 27.8 Å². The van der Waals surface area contributed by atoms with Crippen LogP contribution in [0.4, 0.5) is 26.3 Å². The van der Waals surface area contributed by atoms with Gasteiger partial charge < -0.3 is 9.84 Å². The average Bonchev–Trinajstić information content (AvgIpc) is 3.06. The minimum Gasteiger partial charge on any atom is -0.482 e. The summed E-state index contributed by atoms with van der Waals surface area (Å²) in [6, 6.07) is 31.5. The van der Waals surface area contributed by atoms with Crippen LogP contribution in [0.5, 0.6) is 5.75 Å². The van der Waals surface area contributed by atoms with E-state index in [2.05, 4.69) is 0 Å². The summed E-state index contributed by atoms with van der Waals surface area (Å²) in [5, 5.41) is 8.79. The number of benzene rings is 5. The van der Waals surface area contributed by atoms with Gasteiger partial charge in [-0.2, -0.15) is 26.3 Å². The van der Waals surface area contributed by atoms with Crippen LogP contribution < -0.4 is 4.74 Å². The molecule has 0 spiro atoms. The molecule has 3 nitrogen and oxygen atoms in total. The maximum Gasteiger partial charge on any atom is 0.416 e. The molecule has 5 aromatic rings. The van der Waals surface area contributed by atoms with Crippen LogP contribution in [0.1, 0.15) is 22.3 Å². The molecule has 0 aliphatic heterocycles. The topological polar surface area (TPSA) is 46.5 Å². The second-order valence-corrected chi connectivity index (χ2v) is 11.5. The van der Waals surface area contributed by atoms with E-state index < -0.39 is 36.1 Å². The molecule has 240 valence electrons. The molecule has 0 aliphatic rings. The molecular weight excluding hydrogens is 638 g/mol. The fourth-order valence-electron chi connectivity index (χ4n) is 4.84. The van der Waals surface area contributed by atoms with E-state index in [9.17, 15) is 31.1 Å². The maximum absolute atomic E-state index is 13.3. The van der Waals surface area contributed by atoms with Crippen molar-refractivity contribution in [3.05, 3.63) is 150 Å². The Morgan fingerprint density at radius 1 is 0.638 bits per heavy atom. The van der Waals surface area contributed by atoms with Crippen molar-refractivity contribution in [1.82, 2.24) is 0 Å². The van der Waals surface area contributed by atoms with E-state index in [0.717, 1.165) is 45.9 Å². The Bertz CT molecular complexity index is 1760. The number of halogens is 6. The largest absolute Gasteiger partial charge is 0.482 e. The molecule has 10 heteroatoms. The number of hydrogen-bond donors (Lipinski definition) is 1. The molecule has 0 heterocycles. The molecular formula is C37H26F6O3S. The SMILES string of the molecule is O=C(O)COc1ccc(SCC=C(c2ccc(-c3cccc(C(F)(F)F)c3)cc2)c2ccc(-c3cccc(C(F)(F)F)c3)cc2)cc1. The molecule has 0 aliphatic carbocycles. The van der Waals surface area contributed by atoms with Gasteiger partial charge in [0.15, 0.2) is 6.61 Å². The lowest BCUT2D eigenvalue weighted by Gasteiger charge is -2.13. The molecule has 0 atom stereocenters. The molecule has 5 aromatic carbocycles. The highest BCUT2D eigenvalue weighted by atomic mass is 32.2. The van der Waals surface area contributed by atoms with Gasteiger partial charge >= 0.3 is 18.3 Å². The monoisotopic (exact) mass is 664 g/mol. The lowest BCUT2D eigenvalue weighted by molar-refractivity contribution is -0.139. The standard InChI is InChI=1S/C37H26F6O3S/c38-36(39,40)30-5-1-3-28(21-30)24-7-11-26(12-8-24)34(19-20-47-33-17-15-32(16-18-33)46-23-35(44)45)27-13-9-25(10-14-27)29-4-2-6-31(22-29)37(41,42)43/h1-19,21-22H,20,23H2,(H,44,45). The molecule has 1 N–H and O–H groups in total. The predicted molar refractivity (Wildman–Crippen MR) is 171 cm³/mol. The van der Waals surface area contributed by atoms with Crippen molar-refractivity contribution >= 4 is 23.3 Å². The van der Waals surface area contributed by atoms with Crippen molar-refractivity contribution in [2.45, 2.75) is 17.2 Å². The molecule has 0 unspecified atom stereocenters. The molecule has 5 rings (SSSR count). The molecule has 47 heavy (non-hydrogen) atoms. The number of alkyl halides is 6. The van der Waals surface area contributed by atoms with Crippen molar-refractivity contribution in [3.8, 4) is 28.0 Å². The van der Waals surface area contributed by atoms with Gasteiger partial charge in [0.1, 0.15) is 5.75 Å². The van der Waals surface area contributed by atoms with Crippen LogP contribution in [0.3, 0.4) is 0 Å². The summed E-state index contributed by atoms with van der Waals surface area (Å²) in [6.07, 6.45) is -6.93. The van der Waals surface area contributed by atoms with Gasteiger partial charge in [-0.1, -0.05) is 78.9 Å². The fourth-order valence-corrected chi connectivity index (χ4v) is 5.61. The fraction of sp³-hybridized carbons (Fsp3) is 0.108. The molecule has 0 aromatic heterocycles. The normalized spacial score (nSPS) is 11.6. The highest BCUT2D eigenvalue weighted by Crippen LogP contribution is 2.35. The van der Waals surface area contributed by atoms with Crippen LogP contribution in [0.2, 0.25) is 0 Å². The van der Waals surface area contributed by atoms with E-state index in [1.807, 2.05) is 42.5 Å². The highest BCUT2D eigenvalue weighted by molar-refractivity contribution is 7.99. The van der Waals surface area contributed by atoms with E-state index in [1.54, 1.807) is 48.5 Å². The smallest absolute Gasteiger partial charge is 0.416 e. The third kappa shape index (κ3) is 8.86. The van der Waals surface area contributed by atoms with Gasteiger partial charge in [-0.05, 0) is 87.5 Å². The second kappa shape index (κ2) is 14.2. The average molecular weight is 665 g/mol. The minimum absolute atomic E-state index is 0.425. The molecule has 0 amide bonds. The number of aliphatic carboxylic acids is 1. The Kier molecular flexibility index (Phi) is 10.1. The lowest BCUT2D eigenvalue weighted by Crippen LogP contribution is -2.09. The predicted octanol–water partition coefficient (Wildman–Crippen LogP) is 10.7. The van der Waals surface area contributed by atoms with Crippen molar-refractivity contribution in [1.29, 1.82) is 0 Å². The Balaban J connectivity index is 1.42. The van der Waals surface area contributed by atoms with Gasteiger partial charge in [-0.15, -0.1) is 11.8 Å². The van der Waals surface area contributed by atoms with E-state index in [1.165, 1.54) is 23.9 Å². The van der Waals surface area contributed by atoms with Crippen LogP contribution in [-0.4, -0.2) is 23.4 Å². The first kappa shape index (κ1) is 33.4. The van der Waals surface area contributed by atoms with Crippen LogP contribution in [0.15, 0.2) is 132 Å². The summed E-state index contributed by atoms with van der Waals surface area (Å²) in [7, 11) is 0. The van der Waals surface area contributed by atoms with Crippen molar-refractivity contribution in [2.75, 3.05) is 12.4 Å². The van der Waals surface area contributed by atoms with Gasteiger partial charge in [-0.3, -0.25) is 0 Å². The first-order valence-corrected chi connectivity index (χ1v) is 15.2. The van der Waals surface area contributed by atoms with E-state index >= 15 is 0 Å². The number of hydrogen-bond acceptors (Lipinski definition) is 3. The summed E-state index contributed by atoms with van der Waals surface area (Å²) in [5.74, 6) is -0.128. The zero-order valence-electron chi connectivity index (χ0n) is 24.5. The number of carboxylic acid groups (broad SMARTS) is 1. The quantitative estimate of drug-likeness (QED) is 0.119. The van der Waals surface area contributed by atoms with Crippen LogP contribution >= 0.6 is 11.8 Å². The number of ether oxygens (including phenoxy) is 1. The van der Waals surface area contributed by atoms with Crippen molar-refractivity contribution < 1.29 is 41.0 Å². The van der Waals surface area contributed by atoms with Crippen LogP contribution in [-0.2, 0) is 17.1 Å². The van der Waals surface area contributed by atoms with Crippen LogP contribution in [0, 0.1) is 0 Å². The molecule has 0 bridgehead atoms. The Labute approximate surface area is 271 Å². The number of thioether (sulfide) groups is 1. The first-order chi connectivity index (χ1) is 22.4. The Morgan fingerprint density at radius 3 is 1.53 bits per heavy atom. The number of carboxylic acids is 1. The third-order valence-corrected chi connectivity index (χ3v) is 8.10. The molecule has 0 saturated carbocycles. The number of carbonyl (C=O) groups is 1. The van der Waals surface area contributed by atoms with E-state index in [-0.39, 0.29) is 0 Å². The molecule has 0 fully saturated rings. The lowest BCUT2D eigenvalue weighted by atomic mass is 9.93. The van der Waals surface area contributed by atoms with Gasteiger partial charge in [-0.25, -0.2) is 4.79 Å². The van der Waals surface area contributed by atoms with Crippen molar-refractivity contribution in [2.24, 2.45) is 0 Å². The zero-order valence-corrected chi connectivity index (χ0v) is 25.3. The first-order valence-electron chi connectivity index (χ1n) is 14.2. The Hall–Kier alpha value is -4.96.